The van der Waals surface area contributed by atoms with Gasteiger partial charge in [-0.15, -0.1) is 11.3 Å². The third kappa shape index (κ3) is 4.53. The Morgan fingerprint density at radius 1 is 1.09 bits per heavy atom. The van der Waals surface area contributed by atoms with E-state index in [1.165, 1.54) is 28.2 Å². The van der Waals surface area contributed by atoms with Crippen molar-refractivity contribution in [3.05, 3.63) is 92.8 Å². The zero-order chi connectivity index (χ0) is 23.7. The molecule has 4 rings (SSSR count). The molecule has 0 fully saturated rings. The van der Waals surface area contributed by atoms with Crippen molar-refractivity contribution in [1.29, 1.82) is 0 Å². The normalized spacial score (nSPS) is 10.9. The summed E-state index contributed by atoms with van der Waals surface area (Å²) in [6, 6.07) is 15.3. The Kier molecular flexibility index (Phi) is 6.31. The van der Waals surface area contributed by atoms with Crippen LogP contribution in [0.25, 0.3) is 11.1 Å². The first kappa shape index (κ1) is 22.7. The quantitative estimate of drug-likeness (QED) is 0.384. The molecule has 0 radical (unpaired) electrons. The Hall–Kier alpha value is -3.49. The van der Waals surface area contributed by atoms with Crippen LogP contribution in [0.1, 0.15) is 36.9 Å². The molecule has 0 saturated heterocycles. The van der Waals surface area contributed by atoms with Crippen molar-refractivity contribution < 1.29 is 14.0 Å². The second-order valence-electron chi connectivity index (χ2n) is 7.46. The van der Waals surface area contributed by atoms with E-state index >= 15 is 0 Å². The summed E-state index contributed by atoms with van der Waals surface area (Å²) in [7, 11) is 0. The molecule has 0 saturated carbocycles. The monoisotopic (exact) mass is 482 g/mol. The number of halogens is 2. The van der Waals surface area contributed by atoms with Gasteiger partial charge in [-0.1, -0.05) is 54.1 Å². The first-order valence-corrected chi connectivity index (χ1v) is 11.2. The molecule has 2 aromatic carbocycles. The van der Waals surface area contributed by atoms with Crippen LogP contribution in [0, 0.1) is 19.7 Å². The van der Waals surface area contributed by atoms with Gasteiger partial charge in [0.1, 0.15) is 16.0 Å². The molecule has 2 heterocycles. The molecule has 0 aliphatic rings. The number of rotatable bonds is 6. The molecular weight excluding hydrogens is 463 g/mol. The van der Waals surface area contributed by atoms with E-state index in [0.717, 1.165) is 16.0 Å². The van der Waals surface area contributed by atoms with E-state index < -0.39 is 11.8 Å². The van der Waals surface area contributed by atoms with E-state index in [2.05, 4.69) is 10.4 Å². The molecule has 3 N–H and O–H groups in total. The van der Waals surface area contributed by atoms with Crippen LogP contribution >= 0.6 is 22.9 Å². The SMILES string of the molecule is Cc1nn(Cc2ccc(F)cc2)c(Cl)c1C(=O)Nc1sc(C)c(-c2ccccc2)c1C(N)=O. The Morgan fingerprint density at radius 3 is 2.39 bits per heavy atom. The minimum absolute atomic E-state index is 0.145. The van der Waals surface area contributed by atoms with Crippen LogP contribution in [-0.2, 0) is 6.54 Å². The topological polar surface area (TPSA) is 90.0 Å². The number of primary amides is 1. The Labute approximate surface area is 198 Å². The summed E-state index contributed by atoms with van der Waals surface area (Å²) in [4.78, 5) is 26.3. The van der Waals surface area contributed by atoms with Crippen LogP contribution in [0.2, 0.25) is 5.15 Å². The fourth-order valence-electron chi connectivity index (χ4n) is 3.66. The number of carbonyl (C=O) groups is 2. The number of anilines is 1. The fourth-order valence-corrected chi connectivity index (χ4v) is 5.06. The largest absolute Gasteiger partial charge is 0.365 e. The van der Waals surface area contributed by atoms with Crippen LogP contribution in [0.15, 0.2) is 54.6 Å². The number of amides is 2. The highest BCUT2D eigenvalue weighted by molar-refractivity contribution is 7.17. The lowest BCUT2D eigenvalue weighted by Gasteiger charge is -2.07. The lowest BCUT2D eigenvalue weighted by atomic mass is 10.0. The lowest BCUT2D eigenvalue weighted by molar-refractivity contribution is 0.100. The third-order valence-electron chi connectivity index (χ3n) is 5.16. The number of hydrogen-bond acceptors (Lipinski definition) is 4. The van der Waals surface area contributed by atoms with Gasteiger partial charge in [0.05, 0.1) is 23.4 Å². The average Bonchev–Trinajstić information content (AvgIpc) is 3.25. The van der Waals surface area contributed by atoms with E-state index in [-0.39, 0.29) is 28.6 Å². The molecule has 0 bridgehead atoms. The van der Waals surface area contributed by atoms with E-state index in [1.807, 2.05) is 37.3 Å². The second-order valence-corrected chi connectivity index (χ2v) is 9.04. The molecule has 2 amide bonds. The summed E-state index contributed by atoms with van der Waals surface area (Å²) in [5.41, 5.74) is 8.88. The van der Waals surface area contributed by atoms with Crippen molar-refractivity contribution in [2.45, 2.75) is 20.4 Å². The predicted octanol–water partition coefficient (Wildman–Crippen LogP) is 5.42. The molecule has 9 heteroatoms. The molecule has 168 valence electrons. The van der Waals surface area contributed by atoms with Crippen LogP contribution in [0.5, 0.6) is 0 Å². The highest BCUT2D eigenvalue weighted by atomic mass is 35.5. The highest BCUT2D eigenvalue weighted by Crippen LogP contribution is 2.40. The molecule has 2 aromatic heterocycles. The lowest BCUT2D eigenvalue weighted by Crippen LogP contribution is -2.18. The summed E-state index contributed by atoms with van der Waals surface area (Å²) in [5, 5.41) is 7.65. The van der Waals surface area contributed by atoms with Crippen molar-refractivity contribution in [3.8, 4) is 11.1 Å². The van der Waals surface area contributed by atoms with E-state index in [4.69, 9.17) is 17.3 Å². The number of nitrogens with zero attached hydrogens (tertiary/aromatic N) is 2. The van der Waals surface area contributed by atoms with E-state index in [9.17, 15) is 14.0 Å². The molecule has 0 spiro atoms. The number of benzene rings is 2. The number of thiophene rings is 1. The number of hydrogen-bond donors (Lipinski definition) is 2. The van der Waals surface area contributed by atoms with Crippen molar-refractivity contribution >= 4 is 39.8 Å². The predicted molar refractivity (Wildman–Crippen MR) is 128 cm³/mol. The van der Waals surface area contributed by atoms with Crippen molar-refractivity contribution in [2.24, 2.45) is 5.73 Å². The molecule has 33 heavy (non-hydrogen) atoms. The van der Waals surface area contributed by atoms with Crippen LogP contribution in [-0.4, -0.2) is 21.6 Å². The summed E-state index contributed by atoms with van der Waals surface area (Å²) >= 11 is 7.75. The van der Waals surface area contributed by atoms with Gasteiger partial charge in [0.25, 0.3) is 11.8 Å². The summed E-state index contributed by atoms with van der Waals surface area (Å²) in [6.45, 7) is 3.82. The van der Waals surface area contributed by atoms with Gasteiger partial charge in [-0.2, -0.15) is 5.10 Å². The maximum absolute atomic E-state index is 13.2. The zero-order valence-corrected chi connectivity index (χ0v) is 19.4. The van der Waals surface area contributed by atoms with Gasteiger partial charge < -0.3 is 11.1 Å². The van der Waals surface area contributed by atoms with E-state index in [1.54, 1.807) is 19.1 Å². The summed E-state index contributed by atoms with van der Waals surface area (Å²) < 4.78 is 14.7. The number of nitrogens with one attached hydrogen (secondary N) is 1. The second kappa shape index (κ2) is 9.17. The molecule has 0 aliphatic carbocycles. The van der Waals surface area contributed by atoms with Crippen LogP contribution in [0.4, 0.5) is 9.39 Å². The van der Waals surface area contributed by atoms with E-state index in [0.29, 0.717) is 16.3 Å². The average molecular weight is 483 g/mol. The fraction of sp³-hybridized carbons (Fsp3) is 0.125. The van der Waals surface area contributed by atoms with Gasteiger partial charge in [0.15, 0.2) is 0 Å². The Morgan fingerprint density at radius 2 is 1.76 bits per heavy atom. The minimum atomic E-state index is -0.636. The summed E-state index contributed by atoms with van der Waals surface area (Å²) in [5.74, 6) is -1.47. The smallest absolute Gasteiger partial charge is 0.261 e. The van der Waals surface area contributed by atoms with Crippen molar-refractivity contribution in [3.63, 3.8) is 0 Å². The molecule has 0 unspecified atom stereocenters. The number of aryl methyl sites for hydroxylation is 2. The van der Waals surface area contributed by atoms with Gasteiger partial charge in [-0.25, -0.2) is 9.07 Å². The summed E-state index contributed by atoms with van der Waals surface area (Å²) in [6.07, 6.45) is 0. The van der Waals surface area contributed by atoms with Crippen LogP contribution in [0.3, 0.4) is 0 Å². The number of aromatic nitrogens is 2. The molecule has 4 aromatic rings. The molecular formula is C24H20ClFN4O2S. The van der Waals surface area contributed by atoms with Gasteiger partial charge in [0.2, 0.25) is 0 Å². The van der Waals surface area contributed by atoms with Crippen LogP contribution < -0.4 is 11.1 Å². The van der Waals surface area contributed by atoms with Gasteiger partial charge in [-0.05, 0) is 37.1 Å². The standard InChI is InChI=1S/C24H20ClFN4O2S/c1-13-18(21(25)30(29-13)12-15-8-10-17(26)11-9-15)23(32)28-24-20(22(27)31)19(14(2)33-24)16-6-4-3-5-7-16/h3-11H,12H2,1-2H3,(H2,27,31)(H,28,32). The minimum Gasteiger partial charge on any atom is -0.365 e. The maximum atomic E-state index is 13.2. The Bertz CT molecular complexity index is 1350. The van der Waals surface area contributed by atoms with Crippen molar-refractivity contribution in [2.75, 3.05) is 5.32 Å². The van der Waals surface area contributed by atoms with Gasteiger partial charge in [0, 0.05) is 10.4 Å². The van der Waals surface area contributed by atoms with Gasteiger partial charge in [-0.3, -0.25) is 9.59 Å². The van der Waals surface area contributed by atoms with Gasteiger partial charge >= 0.3 is 0 Å². The number of carbonyl (C=O) groups excluding carboxylic acids is 2. The third-order valence-corrected chi connectivity index (χ3v) is 6.56. The highest BCUT2D eigenvalue weighted by Gasteiger charge is 2.26. The molecule has 0 atom stereocenters. The molecule has 0 aliphatic heterocycles. The first-order chi connectivity index (χ1) is 15.8. The zero-order valence-electron chi connectivity index (χ0n) is 17.9. The first-order valence-electron chi connectivity index (χ1n) is 10.0. The number of nitrogens with two attached hydrogens (primary N) is 1. The Balaban J connectivity index is 1.66. The van der Waals surface area contributed by atoms with Crippen molar-refractivity contribution in [1.82, 2.24) is 9.78 Å². The molecule has 6 nitrogen and oxygen atoms in total. The maximum Gasteiger partial charge on any atom is 0.261 e.